The summed E-state index contributed by atoms with van der Waals surface area (Å²) < 4.78 is 12.2. The fourth-order valence-electron chi connectivity index (χ4n) is 6.45. The molecule has 0 spiro atoms. The van der Waals surface area contributed by atoms with Gasteiger partial charge in [0.25, 0.3) is 0 Å². The number of hydrogen-bond acceptors (Lipinski definition) is 4. The van der Waals surface area contributed by atoms with E-state index in [2.05, 4.69) is 53.4 Å². The first-order valence-corrected chi connectivity index (χ1v) is 15.7. The Hall–Kier alpha value is -2.98. The molecule has 4 nitrogen and oxygen atoms in total. The van der Waals surface area contributed by atoms with Crippen molar-refractivity contribution in [2.24, 2.45) is 0 Å². The van der Waals surface area contributed by atoms with Crippen LogP contribution in [0.2, 0.25) is 0 Å². The highest BCUT2D eigenvalue weighted by molar-refractivity contribution is 5.51. The topological polar surface area (TPSA) is 41.9 Å². The number of unbranched alkanes of at least 4 members (excludes halogenated alkanes) is 8. The first-order valence-electron chi connectivity index (χ1n) is 15.7. The third-order valence-electron chi connectivity index (χ3n) is 8.70. The van der Waals surface area contributed by atoms with Crippen LogP contribution in [0.15, 0.2) is 72.8 Å². The van der Waals surface area contributed by atoms with Crippen molar-refractivity contribution in [3.63, 3.8) is 0 Å². The molecule has 2 unspecified atom stereocenters. The Kier molecular flexibility index (Phi) is 10.8. The molecule has 0 bridgehead atoms. The summed E-state index contributed by atoms with van der Waals surface area (Å²) in [5.74, 6) is 2.34. The van der Waals surface area contributed by atoms with E-state index in [1.54, 1.807) is 6.07 Å². The SMILES string of the molecule is Oc1ccc2c(c1)C(c1ccc(OCCCCCCCCCCCN3CCCC3)cc1)C(c1ccccc1)CO2. The van der Waals surface area contributed by atoms with Crippen LogP contribution in [0.5, 0.6) is 17.2 Å². The van der Waals surface area contributed by atoms with Crippen LogP contribution in [-0.4, -0.2) is 42.9 Å². The van der Waals surface area contributed by atoms with Crippen LogP contribution < -0.4 is 9.47 Å². The summed E-state index contributed by atoms with van der Waals surface area (Å²) >= 11 is 0. The molecule has 0 saturated carbocycles. The largest absolute Gasteiger partial charge is 0.508 e. The van der Waals surface area contributed by atoms with Crippen LogP contribution in [0.25, 0.3) is 0 Å². The van der Waals surface area contributed by atoms with E-state index in [4.69, 9.17) is 9.47 Å². The van der Waals surface area contributed by atoms with Crippen molar-refractivity contribution in [1.29, 1.82) is 0 Å². The summed E-state index contributed by atoms with van der Waals surface area (Å²) in [6.07, 6.45) is 14.8. The van der Waals surface area contributed by atoms with Gasteiger partial charge in [-0.05, 0) is 86.8 Å². The summed E-state index contributed by atoms with van der Waals surface area (Å²) in [4.78, 5) is 2.63. The molecule has 1 saturated heterocycles. The van der Waals surface area contributed by atoms with Crippen LogP contribution in [0.3, 0.4) is 0 Å². The molecule has 2 heterocycles. The summed E-state index contributed by atoms with van der Waals surface area (Å²) in [7, 11) is 0. The van der Waals surface area contributed by atoms with Crippen LogP contribution in [0.4, 0.5) is 0 Å². The fraction of sp³-hybridized carbons (Fsp3) is 0.500. The molecule has 3 aromatic rings. The number of rotatable bonds is 15. The third-order valence-corrected chi connectivity index (χ3v) is 8.70. The minimum absolute atomic E-state index is 0.109. The van der Waals surface area contributed by atoms with E-state index in [0.717, 1.165) is 30.1 Å². The molecule has 0 amide bonds. The van der Waals surface area contributed by atoms with Crippen LogP contribution in [0.1, 0.15) is 99.2 Å². The summed E-state index contributed by atoms with van der Waals surface area (Å²) in [6, 6.07) is 24.5. The van der Waals surface area contributed by atoms with Crippen molar-refractivity contribution >= 4 is 0 Å². The lowest BCUT2D eigenvalue weighted by Crippen LogP contribution is -2.25. The van der Waals surface area contributed by atoms with E-state index in [-0.39, 0.29) is 17.6 Å². The minimum Gasteiger partial charge on any atom is -0.508 e. The van der Waals surface area contributed by atoms with Gasteiger partial charge in [0, 0.05) is 17.4 Å². The zero-order chi connectivity index (χ0) is 27.4. The molecule has 1 fully saturated rings. The average Bonchev–Trinajstić information content (AvgIpc) is 3.51. The highest BCUT2D eigenvalue weighted by Crippen LogP contribution is 2.47. The maximum Gasteiger partial charge on any atom is 0.123 e. The van der Waals surface area contributed by atoms with Gasteiger partial charge in [0.2, 0.25) is 0 Å². The quantitative estimate of drug-likeness (QED) is 0.195. The molecule has 0 aromatic heterocycles. The number of phenols is 1. The number of fused-ring (bicyclic) bond motifs is 1. The zero-order valence-corrected chi connectivity index (χ0v) is 24.1. The van der Waals surface area contributed by atoms with Crippen molar-refractivity contribution in [1.82, 2.24) is 4.90 Å². The van der Waals surface area contributed by atoms with E-state index in [1.807, 2.05) is 18.2 Å². The lowest BCUT2D eigenvalue weighted by atomic mass is 9.76. The Morgan fingerprint density at radius 2 is 1.40 bits per heavy atom. The van der Waals surface area contributed by atoms with E-state index >= 15 is 0 Å². The summed E-state index contributed by atoms with van der Waals surface area (Å²) in [5.41, 5.74) is 3.50. The minimum atomic E-state index is 0.109. The molecule has 3 aromatic carbocycles. The van der Waals surface area contributed by atoms with Gasteiger partial charge in [-0.25, -0.2) is 0 Å². The Balaban J connectivity index is 1.03. The average molecular weight is 542 g/mol. The second-order valence-corrected chi connectivity index (χ2v) is 11.7. The number of aromatic hydroxyl groups is 1. The van der Waals surface area contributed by atoms with Gasteiger partial charge < -0.3 is 19.5 Å². The van der Waals surface area contributed by atoms with Crippen LogP contribution in [0, 0.1) is 0 Å². The molecule has 2 aliphatic heterocycles. The Bertz CT molecular complexity index is 1140. The van der Waals surface area contributed by atoms with Gasteiger partial charge in [0.15, 0.2) is 0 Å². The maximum absolute atomic E-state index is 10.2. The maximum atomic E-state index is 10.2. The highest BCUT2D eigenvalue weighted by atomic mass is 16.5. The van der Waals surface area contributed by atoms with E-state index in [0.29, 0.717) is 6.61 Å². The fourth-order valence-corrected chi connectivity index (χ4v) is 6.45. The van der Waals surface area contributed by atoms with Crippen LogP contribution in [-0.2, 0) is 0 Å². The standard InChI is InChI=1S/C36H47NO3/c38-31-19-22-35-33(27-31)36(34(28-40-35)29-15-9-8-10-16-29)30-17-20-32(21-18-30)39-26-14-7-5-3-1-2-4-6-11-23-37-24-12-13-25-37/h8-10,15-22,27,34,36,38H,1-7,11-14,23-26,28H2. The van der Waals surface area contributed by atoms with Gasteiger partial charge in [-0.2, -0.15) is 0 Å². The second kappa shape index (κ2) is 15.1. The summed E-state index contributed by atoms with van der Waals surface area (Å²) in [6.45, 7) is 5.38. The predicted molar refractivity (Wildman–Crippen MR) is 164 cm³/mol. The number of nitrogens with zero attached hydrogens (tertiary/aromatic N) is 1. The monoisotopic (exact) mass is 541 g/mol. The van der Waals surface area contributed by atoms with Gasteiger partial charge in [-0.15, -0.1) is 0 Å². The van der Waals surface area contributed by atoms with E-state index in [1.165, 1.54) is 95.0 Å². The third kappa shape index (κ3) is 8.04. The predicted octanol–water partition coefficient (Wildman–Crippen LogP) is 8.69. The van der Waals surface area contributed by atoms with Crippen LogP contribution >= 0.6 is 0 Å². The van der Waals surface area contributed by atoms with Gasteiger partial charge in [-0.1, -0.05) is 87.4 Å². The molecular weight excluding hydrogens is 494 g/mol. The molecule has 214 valence electrons. The van der Waals surface area contributed by atoms with E-state index < -0.39 is 0 Å². The number of likely N-dealkylation sites (tertiary alicyclic amines) is 1. The highest BCUT2D eigenvalue weighted by Gasteiger charge is 2.33. The number of benzene rings is 3. The van der Waals surface area contributed by atoms with Gasteiger partial charge >= 0.3 is 0 Å². The molecule has 2 atom stereocenters. The van der Waals surface area contributed by atoms with Gasteiger partial charge in [-0.3, -0.25) is 0 Å². The number of phenolic OH excluding ortho intramolecular Hbond substituents is 1. The number of ether oxygens (including phenoxy) is 2. The molecule has 0 radical (unpaired) electrons. The smallest absolute Gasteiger partial charge is 0.123 e. The van der Waals surface area contributed by atoms with Crippen molar-refractivity contribution in [2.45, 2.75) is 82.5 Å². The van der Waals surface area contributed by atoms with Crippen molar-refractivity contribution in [3.05, 3.63) is 89.5 Å². The Morgan fingerprint density at radius 3 is 2.12 bits per heavy atom. The zero-order valence-electron chi connectivity index (χ0n) is 24.1. The lowest BCUT2D eigenvalue weighted by molar-refractivity contribution is 0.248. The first-order chi connectivity index (χ1) is 19.8. The molecule has 5 rings (SSSR count). The molecular formula is C36H47NO3. The Morgan fingerprint density at radius 1 is 0.725 bits per heavy atom. The second-order valence-electron chi connectivity index (χ2n) is 11.7. The van der Waals surface area contributed by atoms with E-state index in [9.17, 15) is 5.11 Å². The first kappa shape index (κ1) is 28.5. The molecule has 2 aliphatic rings. The summed E-state index contributed by atoms with van der Waals surface area (Å²) in [5, 5.41) is 10.2. The van der Waals surface area contributed by atoms with Crippen molar-refractivity contribution in [2.75, 3.05) is 32.8 Å². The van der Waals surface area contributed by atoms with Gasteiger partial charge in [0.1, 0.15) is 17.2 Å². The molecule has 1 N–H and O–H groups in total. The van der Waals surface area contributed by atoms with Gasteiger partial charge in [0.05, 0.1) is 13.2 Å². The lowest BCUT2D eigenvalue weighted by Gasteiger charge is -2.34. The van der Waals surface area contributed by atoms with Crippen molar-refractivity contribution in [3.8, 4) is 17.2 Å². The molecule has 4 heteroatoms. The Labute approximate surface area is 241 Å². The molecule has 40 heavy (non-hydrogen) atoms. The normalized spacial score (nSPS) is 18.8. The number of hydrogen-bond donors (Lipinski definition) is 1. The van der Waals surface area contributed by atoms with Crippen molar-refractivity contribution < 1.29 is 14.6 Å². The molecule has 0 aliphatic carbocycles.